The van der Waals surface area contributed by atoms with Gasteiger partial charge in [0, 0.05) is 11.8 Å². The second-order valence-electron chi connectivity index (χ2n) is 4.25. The van der Waals surface area contributed by atoms with Gasteiger partial charge in [0.1, 0.15) is 11.6 Å². The van der Waals surface area contributed by atoms with Crippen LogP contribution >= 0.6 is 28.1 Å². The number of hydrogen-bond acceptors (Lipinski definition) is 2. The lowest BCUT2D eigenvalue weighted by molar-refractivity contribution is 0.415. The highest BCUT2D eigenvalue weighted by molar-refractivity contribution is 9.10. The van der Waals surface area contributed by atoms with E-state index in [1.54, 1.807) is 19.2 Å². The molecule has 1 heterocycles. The number of nitrogens with one attached hydrogen (secondary N) is 1. The highest BCUT2D eigenvalue weighted by Crippen LogP contribution is 2.26. The fourth-order valence-corrected chi connectivity index (χ4v) is 2.78. The zero-order chi connectivity index (χ0) is 14.3. The molecule has 0 radical (unpaired) electrons. The van der Waals surface area contributed by atoms with E-state index >= 15 is 0 Å². The molecule has 3 nitrogen and oxygen atoms in total. The van der Waals surface area contributed by atoms with Crippen molar-refractivity contribution in [2.75, 3.05) is 7.11 Å². The van der Waals surface area contributed by atoms with Crippen LogP contribution in [0.1, 0.15) is 0 Å². The van der Waals surface area contributed by atoms with E-state index in [0.29, 0.717) is 9.24 Å². The Hall–Kier alpha value is -1.66. The minimum absolute atomic E-state index is 0.304. The second kappa shape index (κ2) is 5.03. The van der Waals surface area contributed by atoms with Gasteiger partial charge in [-0.05, 0) is 58.5 Å². The maximum absolute atomic E-state index is 13.3. The molecule has 0 saturated carbocycles. The Morgan fingerprint density at radius 1 is 1.25 bits per heavy atom. The van der Waals surface area contributed by atoms with E-state index in [0.717, 1.165) is 22.5 Å². The van der Waals surface area contributed by atoms with Crippen molar-refractivity contribution in [1.82, 2.24) is 9.55 Å². The summed E-state index contributed by atoms with van der Waals surface area (Å²) in [7, 11) is 1.61. The molecule has 0 saturated heterocycles. The lowest BCUT2D eigenvalue weighted by Gasteiger charge is -2.06. The van der Waals surface area contributed by atoms with E-state index < -0.39 is 0 Å². The summed E-state index contributed by atoms with van der Waals surface area (Å²) in [5, 5.41) is 0. The number of aromatic amines is 1. The Kier molecular flexibility index (Phi) is 3.35. The molecular formula is C14H10BrFN2OS. The first-order chi connectivity index (χ1) is 9.60. The number of imidazole rings is 1. The van der Waals surface area contributed by atoms with Gasteiger partial charge < -0.3 is 9.72 Å². The van der Waals surface area contributed by atoms with Crippen molar-refractivity contribution in [3.8, 4) is 11.4 Å². The van der Waals surface area contributed by atoms with Gasteiger partial charge >= 0.3 is 0 Å². The quantitative estimate of drug-likeness (QED) is 0.683. The summed E-state index contributed by atoms with van der Waals surface area (Å²) in [4.78, 5) is 3.12. The normalized spacial score (nSPS) is 10.9. The molecule has 3 aromatic rings. The summed E-state index contributed by atoms with van der Waals surface area (Å²) < 4.78 is 21.3. The molecule has 1 N–H and O–H groups in total. The fraction of sp³-hybridized carbons (Fsp3) is 0.0714. The molecule has 20 heavy (non-hydrogen) atoms. The zero-order valence-corrected chi connectivity index (χ0v) is 12.9. The van der Waals surface area contributed by atoms with Crippen LogP contribution in [0.2, 0.25) is 0 Å². The summed E-state index contributed by atoms with van der Waals surface area (Å²) in [6, 6.07) is 10.4. The van der Waals surface area contributed by atoms with E-state index in [-0.39, 0.29) is 5.82 Å². The summed E-state index contributed by atoms with van der Waals surface area (Å²) in [6.45, 7) is 0. The number of rotatable bonds is 2. The van der Waals surface area contributed by atoms with Crippen molar-refractivity contribution in [3.63, 3.8) is 0 Å². The number of methoxy groups -OCH3 is 1. The maximum atomic E-state index is 13.3. The minimum atomic E-state index is -0.304. The number of benzene rings is 2. The molecular weight excluding hydrogens is 343 g/mol. The Balaban J connectivity index is 2.27. The summed E-state index contributed by atoms with van der Waals surface area (Å²) in [6.07, 6.45) is 0. The number of hydrogen-bond donors (Lipinski definition) is 1. The first-order valence-electron chi connectivity index (χ1n) is 5.84. The third-order valence-corrected chi connectivity index (χ3v) is 3.94. The highest BCUT2D eigenvalue weighted by Gasteiger charge is 2.09. The topological polar surface area (TPSA) is 29.9 Å². The van der Waals surface area contributed by atoms with E-state index in [1.165, 1.54) is 6.07 Å². The van der Waals surface area contributed by atoms with Crippen molar-refractivity contribution < 1.29 is 9.13 Å². The van der Waals surface area contributed by atoms with Crippen LogP contribution in [0.3, 0.4) is 0 Å². The van der Waals surface area contributed by atoms with Gasteiger partial charge in [-0.25, -0.2) is 4.39 Å². The van der Waals surface area contributed by atoms with Crippen LogP contribution in [0.15, 0.2) is 40.9 Å². The molecule has 0 amide bonds. The molecule has 2 aromatic carbocycles. The van der Waals surface area contributed by atoms with Gasteiger partial charge in [0.2, 0.25) is 0 Å². The Morgan fingerprint density at radius 3 is 2.75 bits per heavy atom. The first-order valence-corrected chi connectivity index (χ1v) is 7.04. The molecule has 0 spiro atoms. The zero-order valence-electron chi connectivity index (χ0n) is 10.5. The number of halogens is 2. The van der Waals surface area contributed by atoms with Gasteiger partial charge in [-0.2, -0.15) is 0 Å². The average Bonchev–Trinajstić information content (AvgIpc) is 2.76. The molecule has 0 bridgehead atoms. The lowest BCUT2D eigenvalue weighted by Crippen LogP contribution is -1.94. The van der Waals surface area contributed by atoms with Gasteiger partial charge in [-0.15, -0.1) is 0 Å². The summed E-state index contributed by atoms with van der Waals surface area (Å²) in [5.41, 5.74) is 2.57. The van der Waals surface area contributed by atoms with Crippen LogP contribution in [0.25, 0.3) is 16.7 Å². The molecule has 0 atom stereocenters. The SMILES string of the molecule is COc1ccc2c(c1)[nH]c(=S)n2-c1ccc(F)c(Br)c1. The molecule has 6 heteroatoms. The van der Waals surface area contributed by atoms with Gasteiger partial charge in [-0.1, -0.05) is 0 Å². The van der Waals surface area contributed by atoms with Crippen molar-refractivity contribution in [3.05, 3.63) is 51.5 Å². The smallest absolute Gasteiger partial charge is 0.182 e. The minimum Gasteiger partial charge on any atom is -0.497 e. The molecule has 0 fully saturated rings. The number of ether oxygens (including phenoxy) is 1. The van der Waals surface area contributed by atoms with Gasteiger partial charge in [0.05, 0.1) is 22.6 Å². The largest absolute Gasteiger partial charge is 0.497 e. The third-order valence-electron chi connectivity index (χ3n) is 3.05. The van der Waals surface area contributed by atoms with Crippen molar-refractivity contribution in [2.45, 2.75) is 0 Å². The molecule has 3 rings (SSSR count). The number of fused-ring (bicyclic) bond motifs is 1. The molecule has 0 aliphatic carbocycles. The summed E-state index contributed by atoms with van der Waals surface area (Å²) >= 11 is 8.54. The van der Waals surface area contributed by atoms with Crippen LogP contribution < -0.4 is 4.74 Å². The Labute approximate surface area is 128 Å². The van der Waals surface area contributed by atoms with Crippen LogP contribution in [-0.2, 0) is 0 Å². The first kappa shape index (κ1) is 13.3. The average molecular weight is 353 g/mol. The predicted octanol–water partition coefficient (Wildman–Crippen LogP) is 4.60. The van der Waals surface area contributed by atoms with Crippen LogP contribution in [0.5, 0.6) is 5.75 Å². The van der Waals surface area contributed by atoms with Gasteiger partial charge in [0.25, 0.3) is 0 Å². The lowest BCUT2D eigenvalue weighted by atomic mass is 10.2. The highest BCUT2D eigenvalue weighted by atomic mass is 79.9. The van der Waals surface area contributed by atoms with Crippen LogP contribution in [0, 0.1) is 10.6 Å². The van der Waals surface area contributed by atoms with Crippen molar-refractivity contribution in [2.24, 2.45) is 0 Å². The molecule has 0 unspecified atom stereocenters. The van der Waals surface area contributed by atoms with Gasteiger partial charge in [-0.3, -0.25) is 4.57 Å². The van der Waals surface area contributed by atoms with Crippen LogP contribution in [-0.4, -0.2) is 16.7 Å². The van der Waals surface area contributed by atoms with Crippen LogP contribution in [0.4, 0.5) is 4.39 Å². The van der Waals surface area contributed by atoms with E-state index in [2.05, 4.69) is 20.9 Å². The summed E-state index contributed by atoms with van der Waals surface area (Å²) in [5.74, 6) is 0.447. The molecule has 102 valence electrons. The predicted molar refractivity (Wildman–Crippen MR) is 82.7 cm³/mol. The Morgan fingerprint density at radius 2 is 2.05 bits per heavy atom. The van der Waals surface area contributed by atoms with E-state index in [4.69, 9.17) is 17.0 Å². The number of aromatic nitrogens is 2. The Bertz CT molecular complexity index is 856. The van der Waals surface area contributed by atoms with E-state index in [9.17, 15) is 4.39 Å². The van der Waals surface area contributed by atoms with Crippen molar-refractivity contribution in [1.29, 1.82) is 0 Å². The van der Waals surface area contributed by atoms with Gasteiger partial charge in [0.15, 0.2) is 4.77 Å². The monoisotopic (exact) mass is 352 g/mol. The van der Waals surface area contributed by atoms with Crippen molar-refractivity contribution >= 4 is 39.2 Å². The molecule has 0 aliphatic heterocycles. The standard InChI is InChI=1S/C14H10BrFN2OS/c1-19-9-3-5-13-12(7-9)17-14(20)18(13)8-2-4-11(16)10(15)6-8/h2-7H,1H3,(H,17,20). The number of nitrogens with zero attached hydrogens (tertiary/aromatic N) is 1. The molecule has 1 aromatic heterocycles. The van der Waals surface area contributed by atoms with E-state index in [1.807, 2.05) is 22.8 Å². The fourth-order valence-electron chi connectivity index (χ4n) is 2.10. The second-order valence-corrected chi connectivity index (χ2v) is 5.49. The third kappa shape index (κ3) is 2.14. The molecule has 0 aliphatic rings. The maximum Gasteiger partial charge on any atom is 0.182 e. The number of H-pyrrole nitrogens is 1.